The highest BCUT2D eigenvalue weighted by molar-refractivity contribution is 5.14. The predicted octanol–water partition coefficient (Wildman–Crippen LogP) is 2.23. The Labute approximate surface area is 98.7 Å². The van der Waals surface area contributed by atoms with E-state index in [1.165, 1.54) is 5.56 Å². The number of hydrogen-bond acceptors (Lipinski definition) is 2. The Morgan fingerprint density at radius 1 is 1.25 bits per heavy atom. The van der Waals surface area contributed by atoms with Gasteiger partial charge in [0.25, 0.3) is 0 Å². The first kappa shape index (κ1) is 13.2. The molecule has 2 atom stereocenters. The van der Waals surface area contributed by atoms with E-state index in [0.717, 1.165) is 19.3 Å². The summed E-state index contributed by atoms with van der Waals surface area (Å²) in [6.45, 7) is 2.37. The van der Waals surface area contributed by atoms with Gasteiger partial charge >= 0.3 is 0 Å². The third kappa shape index (κ3) is 4.77. The van der Waals surface area contributed by atoms with E-state index in [-0.39, 0.29) is 6.61 Å². The van der Waals surface area contributed by atoms with Crippen LogP contribution in [0.3, 0.4) is 0 Å². The lowest BCUT2D eigenvalue weighted by atomic mass is 9.97. The zero-order valence-electron chi connectivity index (χ0n) is 10.3. The SMILES string of the molecule is CN[C@@H](CCc1ccccc1)CC(C)CO. The largest absolute Gasteiger partial charge is 0.396 e. The number of rotatable bonds is 7. The Hall–Kier alpha value is -0.860. The Kier molecular flexibility index (Phi) is 6.12. The van der Waals surface area contributed by atoms with Crippen LogP contribution in [0.25, 0.3) is 0 Å². The van der Waals surface area contributed by atoms with Crippen LogP contribution in [0.5, 0.6) is 0 Å². The van der Waals surface area contributed by atoms with Crippen LogP contribution in [0.4, 0.5) is 0 Å². The lowest BCUT2D eigenvalue weighted by Crippen LogP contribution is -2.28. The van der Waals surface area contributed by atoms with E-state index in [4.69, 9.17) is 5.11 Å². The highest BCUT2D eigenvalue weighted by Crippen LogP contribution is 2.11. The second-order valence-electron chi connectivity index (χ2n) is 4.53. The number of hydrogen-bond donors (Lipinski definition) is 2. The molecule has 1 unspecified atom stereocenters. The Morgan fingerprint density at radius 2 is 1.94 bits per heavy atom. The normalized spacial score (nSPS) is 14.7. The van der Waals surface area contributed by atoms with Crippen LogP contribution in [-0.2, 0) is 6.42 Å². The summed E-state index contributed by atoms with van der Waals surface area (Å²) < 4.78 is 0. The van der Waals surface area contributed by atoms with E-state index in [9.17, 15) is 0 Å². The molecular weight excluding hydrogens is 198 g/mol. The van der Waals surface area contributed by atoms with Crippen molar-refractivity contribution in [2.24, 2.45) is 5.92 Å². The lowest BCUT2D eigenvalue weighted by molar-refractivity contribution is 0.217. The Balaban J connectivity index is 2.34. The first-order chi connectivity index (χ1) is 7.76. The van der Waals surface area contributed by atoms with Crippen molar-refractivity contribution in [3.63, 3.8) is 0 Å². The minimum Gasteiger partial charge on any atom is -0.396 e. The molecule has 0 saturated carbocycles. The third-order valence-electron chi connectivity index (χ3n) is 3.03. The van der Waals surface area contributed by atoms with E-state index < -0.39 is 0 Å². The standard InChI is InChI=1S/C14H23NO/c1-12(11-16)10-14(15-2)9-8-13-6-4-3-5-7-13/h3-7,12,14-16H,8-11H2,1-2H3/t12?,14-/m0/s1. The molecule has 1 rings (SSSR count). The number of aliphatic hydroxyl groups is 1. The van der Waals surface area contributed by atoms with E-state index >= 15 is 0 Å². The molecule has 1 aromatic rings. The Bertz CT molecular complexity index is 273. The van der Waals surface area contributed by atoms with Gasteiger partial charge in [0.1, 0.15) is 0 Å². The number of aliphatic hydroxyl groups excluding tert-OH is 1. The topological polar surface area (TPSA) is 32.3 Å². The number of nitrogens with one attached hydrogen (secondary N) is 1. The van der Waals surface area contributed by atoms with Gasteiger partial charge < -0.3 is 10.4 Å². The van der Waals surface area contributed by atoms with Crippen LogP contribution < -0.4 is 5.32 Å². The zero-order valence-corrected chi connectivity index (χ0v) is 10.3. The highest BCUT2D eigenvalue weighted by Gasteiger charge is 2.10. The maximum absolute atomic E-state index is 9.04. The van der Waals surface area contributed by atoms with Crippen molar-refractivity contribution in [3.05, 3.63) is 35.9 Å². The van der Waals surface area contributed by atoms with Crippen LogP contribution in [0.2, 0.25) is 0 Å². The molecule has 0 bridgehead atoms. The third-order valence-corrected chi connectivity index (χ3v) is 3.03. The molecule has 16 heavy (non-hydrogen) atoms. The molecule has 0 heterocycles. The summed E-state index contributed by atoms with van der Waals surface area (Å²) in [5, 5.41) is 12.4. The van der Waals surface area contributed by atoms with Crippen LogP contribution in [0, 0.1) is 5.92 Å². The molecule has 2 nitrogen and oxygen atoms in total. The second kappa shape index (κ2) is 7.42. The van der Waals surface area contributed by atoms with Gasteiger partial charge in [0.15, 0.2) is 0 Å². The van der Waals surface area contributed by atoms with Crippen molar-refractivity contribution < 1.29 is 5.11 Å². The van der Waals surface area contributed by atoms with Crippen molar-refractivity contribution in [3.8, 4) is 0 Å². The van der Waals surface area contributed by atoms with Crippen LogP contribution in [0.1, 0.15) is 25.3 Å². The molecule has 0 aliphatic heterocycles. The van der Waals surface area contributed by atoms with Crippen LogP contribution in [0.15, 0.2) is 30.3 Å². The van der Waals surface area contributed by atoms with Gasteiger partial charge in [-0.05, 0) is 37.8 Å². The molecule has 0 fully saturated rings. The first-order valence-corrected chi connectivity index (χ1v) is 6.08. The van der Waals surface area contributed by atoms with E-state index in [2.05, 4.69) is 36.5 Å². The van der Waals surface area contributed by atoms with Gasteiger partial charge in [-0.15, -0.1) is 0 Å². The molecule has 0 spiro atoms. The van der Waals surface area contributed by atoms with E-state index in [1.807, 2.05) is 13.1 Å². The predicted molar refractivity (Wildman–Crippen MR) is 68.5 cm³/mol. The molecule has 0 aliphatic carbocycles. The smallest absolute Gasteiger partial charge is 0.0457 e. The average Bonchev–Trinajstić information content (AvgIpc) is 2.35. The summed E-state index contributed by atoms with van der Waals surface area (Å²) in [6.07, 6.45) is 3.27. The van der Waals surface area contributed by atoms with Crippen LogP contribution >= 0.6 is 0 Å². The zero-order chi connectivity index (χ0) is 11.8. The minimum absolute atomic E-state index is 0.281. The van der Waals surface area contributed by atoms with Gasteiger partial charge in [-0.1, -0.05) is 37.3 Å². The maximum Gasteiger partial charge on any atom is 0.0457 e. The summed E-state index contributed by atoms with van der Waals surface area (Å²) in [6, 6.07) is 11.1. The lowest BCUT2D eigenvalue weighted by Gasteiger charge is -2.19. The monoisotopic (exact) mass is 221 g/mol. The second-order valence-corrected chi connectivity index (χ2v) is 4.53. The summed E-state index contributed by atoms with van der Waals surface area (Å²) >= 11 is 0. The Morgan fingerprint density at radius 3 is 2.50 bits per heavy atom. The number of aryl methyl sites for hydroxylation is 1. The molecule has 1 aromatic carbocycles. The summed E-state index contributed by atoms with van der Waals surface area (Å²) in [5.41, 5.74) is 1.39. The van der Waals surface area contributed by atoms with Crippen molar-refractivity contribution in [2.45, 2.75) is 32.2 Å². The minimum atomic E-state index is 0.281. The average molecular weight is 221 g/mol. The fourth-order valence-electron chi connectivity index (χ4n) is 1.93. The van der Waals surface area contributed by atoms with Crippen molar-refractivity contribution in [2.75, 3.05) is 13.7 Å². The number of benzene rings is 1. The fourth-order valence-corrected chi connectivity index (χ4v) is 1.93. The molecule has 2 N–H and O–H groups in total. The van der Waals surface area contributed by atoms with Gasteiger partial charge in [-0.25, -0.2) is 0 Å². The van der Waals surface area contributed by atoms with Gasteiger partial charge in [0, 0.05) is 12.6 Å². The van der Waals surface area contributed by atoms with Crippen molar-refractivity contribution in [1.82, 2.24) is 5.32 Å². The molecule has 2 heteroatoms. The molecular formula is C14H23NO. The van der Waals surface area contributed by atoms with Crippen molar-refractivity contribution >= 4 is 0 Å². The van der Waals surface area contributed by atoms with Crippen LogP contribution in [-0.4, -0.2) is 24.8 Å². The maximum atomic E-state index is 9.04. The highest BCUT2D eigenvalue weighted by atomic mass is 16.3. The summed E-state index contributed by atoms with van der Waals surface area (Å²) in [7, 11) is 2.00. The summed E-state index contributed by atoms with van der Waals surface area (Å²) in [4.78, 5) is 0. The van der Waals surface area contributed by atoms with Gasteiger partial charge in [-0.3, -0.25) is 0 Å². The van der Waals surface area contributed by atoms with E-state index in [0.29, 0.717) is 12.0 Å². The summed E-state index contributed by atoms with van der Waals surface area (Å²) in [5.74, 6) is 0.383. The molecule has 0 saturated heterocycles. The molecule has 0 aromatic heterocycles. The molecule has 0 amide bonds. The first-order valence-electron chi connectivity index (χ1n) is 6.08. The van der Waals surface area contributed by atoms with E-state index in [1.54, 1.807) is 0 Å². The quantitative estimate of drug-likeness (QED) is 0.740. The molecule has 90 valence electrons. The van der Waals surface area contributed by atoms with Crippen molar-refractivity contribution in [1.29, 1.82) is 0 Å². The fraction of sp³-hybridized carbons (Fsp3) is 0.571. The molecule has 0 radical (unpaired) electrons. The van der Waals surface area contributed by atoms with Gasteiger partial charge in [0.05, 0.1) is 0 Å². The van der Waals surface area contributed by atoms with Gasteiger partial charge in [-0.2, -0.15) is 0 Å². The van der Waals surface area contributed by atoms with Gasteiger partial charge in [0.2, 0.25) is 0 Å². The molecule has 0 aliphatic rings.